The fourth-order valence-electron chi connectivity index (χ4n) is 1.48. The predicted octanol–water partition coefficient (Wildman–Crippen LogP) is 0.596. The van der Waals surface area contributed by atoms with Gasteiger partial charge < -0.3 is 16.2 Å². The van der Waals surface area contributed by atoms with Crippen LogP contribution in [0, 0.1) is 0 Å². The van der Waals surface area contributed by atoms with E-state index in [4.69, 9.17) is 5.73 Å². The molecule has 0 aliphatic heterocycles. The quantitative estimate of drug-likeness (QED) is 0.737. The monoisotopic (exact) mass is 276 g/mol. The molecule has 0 saturated carbocycles. The average Bonchev–Trinajstić information content (AvgIpc) is 2.35. The molecule has 7 heteroatoms. The molecule has 1 aromatic carbocycles. The minimum atomic E-state index is -4.51. The Morgan fingerprint density at radius 3 is 2.42 bits per heavy atom. The molecule has 0 heterocycles. The Bertz CT molecular complexity index is 409. The van der Waals surface area contributed by atoms with Crippen LogP contribution in [-0.4, -0.2) is 35.9 Å². The maximum Gasteiger partial charge on any atom is 0.405 e. The van der Waals surface area contributed by atoms with E-state index < -0.39 is 30.8 Å². The minimum absolute atomic E-state index is 0.196. The molecular formula is C12H15F3N2O2. The molecule has 0 radical (unpaired) electrons. The number of carbonyl (C=O) groups excluding carboxylic acids is 1. The summed E-state index contributed by atoms with van der Waals surface area (Å²) < 4.78 is 35.7. The Labute approximate surface area is 108 Å². The van der Waals surface area contributed by atoms with Crippen molar-refractivity contribution in [3.05, 3.63) is 35.9 Å². The van der Waals surface area contributed by atoms with Crippen LogP contribution < -0.4 is 11.1 Å². The van der Waals surface area contributed by atoms with E-state index in [1.807, 2.05) is 0 Å². The number of nitrogens with one attached hydrogen (secondary N) is 1. The SMILES string of the molecule is NC(Cc1ccccc1)C(O)C(=O)NCC(F)(F)F. The molecule has 0 aliphatic rings. The third kappa shape index (κ3) is 5.71. The summed E-state index contributed by atoms with van der Waals surface area (Å²) >= 11 is 0. The van der Waals surface area contributed by atoms with Crippen LogP contribution in [0.3, 0.4) is 0 Å². The summed E-state index contributed by atoms with van der Waals surface area (Å²) in [7, 11) is 0. The fourth-order valence-corrected chi connectivity index (χ4v) is 1.48. The summed E-state index contributed by atoms with van der Waals surface area (Å²) in [4.78, 5) is 11.3. The molecule has 0 spiro atoms. The van der Waals surface area contributed by atoms with Crippen LogP contribution in [0.5, 0.6) is 0 Å². The first-order valence-electron chi connectivity index (χ1n) is 5.61. The summed E-state index contributed by atoms with van der Waals surface area (Å²) in [5, 5.41) is 11.1. The van der Waals surface area contributed by atoms with Crippen molar-refractivity contribution in [2.45, 2.75) is 24.7 Å². The van der Waals surface area contributed by atoms with Gasteiger partial charge in [-0.25, -0.2) is 0 Å². The highest BCUT2D eigenvalue weighted by Crippen LogP contribution is 2.12. The van der Waals surface area contributed by atoms with Crippen molar-refractivity contribution in [3.8, 4) is 0 Å². The van der Waals surface area contributed by atoms with Gasteiger partial charge in [-0.2, -0.15) is 13.2 Å². The third-order valence-electron chi connectivity index (χ3n) is 2.45. The van der Waals surface area contributed by atoms with Crippen LogP contribution in [0.4, 0.5) is 13.2 Å². The number of aliphatic hydroxyl groups is 1. The number of carbonyl (C=O) groups is 1. The Balaban J connectivity index is 2.48. The highest BCUT2D eigenvalue weighted by atomic mass is 19.4. The molecule has 1 amide bonds. The lowest BCUT2D eigenvalue weighted by atomic mass is 10.0. The van der Waals surface area contributed by atoms with Crippen molar-refractivity contribution < 1.29 is 23.1 Å². The first-order chi connectivity index (χ1) is 8.79. The molecule has 106 valence electrons. The van der Waals surface area contributed by atoms with Crippen LogP contribution >= 0.6 is 0 Å². The van der Waals surface area contributed by atoms with Gasteiger partial charge in [0.05, 0.1) is 0 Å². The number of amides is 1. The number of aliphatic hydroxyl groups excluding tert-OH is 1. The second kappa shape index (κ2) is 6.53. The van der Waals surface area contributed by atoms with E-state index in [1.54, 1.807) is 35.6 Å². The number of rotatable bonds is 5. The van der Waals surface area contributed by atoms with Crippen molar-refractivity contribution in [2.75, 3.05) is 6.54 Å². The van der Waals surface area contributed by atoms with E-state index in [9.17, 15) is 23.1 Å². The lowest BCUT2D eigenvalue weighted by Gasteiger charge is -2.19. The number of nitrogens with two attached hydrogens (primary N) is 1. The Kier molecular flexibility index (Phi) is 5.31. The predicted molar refractivity (Wildman–Crippen MR) is 63.2 cm³/mol. The van der Waals surface area contributed by atoms with Gasteiger partial charge in [-0.15, -0.1) is 0 Å². The minimum Gasteiger partial charge on any atom is -0.382 e. The van der Waals surface area contributed by atoms with Gasteiger partial charge in [0.2, 0.25) is 0 Å². The first-order valence-corrected chi connectivity index (χ1v) is 5.61. The molecule has 1 aromatic rings. The largest absolute Gasteiger partial charge is 0.405 e. The number of halogens is 3. The lowest BCUT2D eigenvalue weighted by Crippen LogP contribution is -2.49. The number of hydrogen-bond donors (Lipinski definition) is 3. The maximum absolute atomic E-state index is 11.9. The molecule has 0 saturated heterocycles. The van der Waals surface area contributed by atoms with Crippen LogP contribution in [0.1, 0.15) is 5.56 Å². The van der Waals surface area contributed by atoms with Gasteiger partial charge in [0, 0.05) is 6.04 Å². The van der Waals surface area contributed by atoms with E-state index in [0.29, 0.717) is 0 Å². The van der Waals surface area contributed by atoms with E-state index in [-0.39, 0.29) is 6.42 Å². The molecule has 4 N–H and O–H groups in total. The zero-order valence-electron chi connectivity index (χ0n) is 10.0. The van der Waals surface area contributed by atoms with Gasteiger partial charge in [0.25, 0.3) is 5.91 Å². The highest BCUT2D eigenvalue weighted by Gasteiger charge is 2.30. The van der Waals surface area contributed by atoms with Crippen LogP contribution in [0.15, 0.2) is 30.3 Å². The molecule has 1 rings (SSSR count). The molecule has 0 fully saturated rings. The zero-order chi connectivity index (χ0) is 14.5. The molecule has 0 aromatic heterocycles. The van der Waals surface area contributed by atoms with E-state index in [2.05, 4.69) is 0 Å². The summed E-state index contributed by atoms with van der Waals surface area (Å²) in [5.41, 5.74) is 6.39. The summed E-state index contributed by atoms with van der Waals surface area (Å²) in [6.07, 6.45) is -6.00. The van der Waals surface area contributed by atoms with Gasteiger partial charge in [0.1, 0.15) is 12.6 Å². The van der Waals surface area contributed by atoms with Crippen molar-refractivity contribution >= 4 is 5.91 Å². The van der Waals surface area contributed by atoms with Gasteiger partial charge in [-0.1, -0.05) is 30.3 Å². The zero-order valence-corrected chi connectivity index (χ0v) is 10.0. The second-order valence-corrected chi connectivity index (χ2v) is 4.13. The molecule has 4 nitrogen and oxygen atoms in total. The molecule has 2 unspecified atom stereocenters. The summed E-state index contributed by atoms with van der Waals surface area (Å²) in [5.74, 6) is -1.12. The summed E-state index contributed by atoms with van der Waals surface area (Å²) in [6, 6.07) is 7.86. The second-order valence-electron chi connectivity index (χ2n) is 4.13. The standard InChI is InChI=1S/C12H15F3N2O2/c13-12(14,15)7-17-11(19)10(18)9(16)6-8-4-2-1-3-5-8/h1-5,9-10,18H,6-7,16H2,(H,17,19). The molecule has 0 aliphatic carbocycles. The number of hydrogen-bond acceptors (Lipinski definition) is 3. The van der Waals surface area contributed by atoms with E-state index in [0.717, 1.165) is 5.56 Å². The van der Waals surface area contributed by atoms with Crippen molar-refractivity contribution in [3.63, 3.8) is 0 Å². The summed E-state index contributed by atoms with van der Waals surface area (Å²) in [6.45, 7) is -1.49. The topological polar surface area (TPSA) is 75.3 Å². The number of benzene rings is 1. The van der Waals surface area contributed by atoms with Gasteiger partial charge >= 0.3 is 6.18 Å². The smallest absolute Gasteiger partial charge is 0.382 e. The van der Waals surface area contributed by atoms with Gasteiger partial charge in [0.15, 0.2) is 0 Å². The molecular weight excluding hydrogens is 261 g/mol. The average molecular weight is 276 g/mol. The Morgan fingerprint density at radius 1 is 1.32 bits per heavy atom. The molecule has 2 atom stereocenters. The van der Waals surface area contributed by atoms with Crippen molar-refractivity contribution in [1.82, 2.24) is 5.32 Å². The van der Waals surface area contributed by atoms with Crippen LogP contribution in [0.2, 0.25) is 0 Å². The normalized spacial score (nSPS) is 14.8. The first kappa shape index (κ1) is 15.5. The fraction of sp³-hybridized carbons (Fsp3) is 0.417. The lowest BCUT2D eigenvalue weighted by molar-refractivity contribution is -0.144. The molecule has 19 heavy (non-hydrogen) atoms. The third-order valence-corrected chi connectivity index (χ3v) is 2.45. The van der Waals surface area contributed by atoms with Crippen LogP contribution in [0.25, 0.3) is 0 Å². The van der Waals surface area contributed by atoms with Gasteiger partial charge in [-0.3, -0.25) is 4.79 Å². The number of alkyl halides is 3. The molecule has 0 bridgehead atoms. The van der Waals surface area contributed by atoms with E-state index >= 15 is 0 Å². The van der Waals surface area contributed by atoms with Crippen LogP contribution in [-0.2, 0) is 11.2 Å². The Hall–Kier alpha value is -1.60. The van der Waals surface area contributed by atoms with E-state index in [1.165, 1.54) is 0 Å². The van der Waals surface area contributed by atoms with Gasteiger partial charge in [-0.05, 0) is 12.0 Å². The maximum atomic E-state index is 11.9. The highest BCUT2D eigenvalue weighted by molar-refractivity contribution is 5.81. The van der Waals surface area contributed by atoms with Crippen molar-refractivity contribution in [2.24, 2.45) is 5.73 Å². The van der Waals surface area contributed by atoms with Crippen molar-refractivity contribution in [1.29, 1.82) is 0 Å². The Morgan fingerprint density at radius 2 is 1.89 bits per heavy atom.